The summed E-state index contributed by atoms with van der Waals surface area (Å²) < 4.78 is 9.85. The summed E-state index contributed by atoms with van der Waals surface area (Å²) >= 11 is 5.72. The molecule has 0 saturated carbocycles. The molecule has 0 saturated heterocycles. The second kappa shape index (κ2) is 4.18. The van der Waals surface area contributed by atoms with Crippen LogP contribution < -0.4 is 10.5 Å². The maximum atomic E-state index is 5.72. The van der Waals surface area contributed by atoms with Crippen LogP contribution in [0.15, 0.2) is 18.2 Å². The van der Waals surface area contributed by atoms with E-state index >= 15 is 0 Å². The van der Waals surface area contributed by atoms with Gasteiger partial charge in [0.2, 0.25) is 0 Å². The molecule has 1 aromatic carbocycles. The predicted molar refractivity (Wildman–Crippen MR) is 48.4 cm³/mol. The first-order valence-electron chi connectivity index (χ1n) is 3.41. The maximum Gasteiger partial charge on any atom is 0.188 e. The minimum absolute atomic E-state index is 0.171. The zero-order chi connectivity index (χ0) is 8.97. The van der Waals surface area contributed by atoms with Gasteiger partial charge >= 0.3 is 0 Å². The first kappa shape index (κ1) is 9.16. The van der Waals surface area contributed by atoms with Crippen LogP contribution in [-0.4, -0.2) is 13.9 Å². The summed E-state index contributed by atoms with van der Waals surface area (Å²) in [6, 6.07) is 5.04. The van der Waals surface area contributed by atoms with Crippen LogP contribution in [0.4, 0.5) is 5.69 Å². The van der Waals surface area contributed by atoms with E-state index in [1.165, 1.54) is 0 Å². The van der Waals surface area contributed by atoms with Crippen molar-refractivity contribution in [2.45, 2.75) is 0 Å². The molecule has 0 atom stereocenters. The van der Waals surface area contributed by atoms with Crippen molar-refractivity contribution >= 4 is 17.3 Å². The maximum absolute atomic E-state index is 5.72. The number of halogens is 1. The first-order chi connectivity index (χ1) is 5.74. The first-order valence-corrected chi connectivity index (χ1v) is 3.78. The zero-order valence-electron chi connectivity index (χ0n) is 6.71. The average Bonchev–Trinajstić information content (AvgIpc) is 2.07. The van der Waals surface area contributed by atoms with Crippen LogP contribution in [0.1, 0.15) is 0 Å². The lowest BCUT2D eigenvalue weighted by Gasteiger charge is -2.07. The summed E-state index contributed by atoms with van der Waals surface area (Å²) in [6.45, 7) is 0.171. The minimum atomic E-state index is 0.171. The highest BCUT2D eigenvalue weighted by Crippen LogP contribution is 2.24. The van der Waals surface area contributed by atoms with Crippen LogP contribution in [-0.2, 0) is 4.74 Å². The molecule has 66 valence electrons. The van der Waals surface area contributed by atoms with Gasteiger partial charge in [0.25, 0.3) is 0 Å². The lowest BCUT2D eigenvalue weighted by Crippen LogP contribution is -2.01. The van der Waals surface area contributed by atoms with Gasteiger partial charge in [-0.2, -0.15) is 0 Å². The summed E-state index contributed by atoms with van der Waals surface area (Å²) in [7, 11) is 1.54. The Morgan fingerprint density at radius 1 is 1.50 bits per heavy atom. The summed E-state index contributed by atoms with van der Waals surface area (Å²) in [5.41, 5.74) is 6.14. The lowest BCUT2D eigenvalue weighted by molar-refractivity contribution is 0.0517. The number of nitrogen functional groups attached to an aromatic ring is 1. The van der Waals surface area contributed by atoms with Gasteiger partial charge in [-0.25, -0.2) is 0 Å². The molecule has 4 heteroatoms. The average molecular weight is 188 g/mol. The van der Waals surface area contributed by atoms with Gasteiger partial charge in [0.1, 0.15) is 5.75 Å². The van der Waals surface area contributed by atoms with Crippen molar-refractivity contribution in [2.24, 2.45) is 0 Å². The Hall–Kier alpha value is -0.930. The van der Waals surface area contributed by atoms with Gasteiger partial charge in [-0.3, -0.25) is 0 Å². The van der Waals surface area contributed by atoms with E-state index in [4.69, 9.17) is 26.8 Å². The van der Waals surface area contributed by atoms with Crippen LogP contribution in [0.25, 0.3) is 0 Å². The Bertz CT molecular complexity index is 265. The molecule has 3 nitrogen and oxygen atoms in total. The Balaban J connectivity index is 2.75. The third-order valence-electron chi connectivity index (χ3n) is 1.31. The number of benzene rings is 1. The lowest BCUT2D eigenvalue weighted by atomic mass is 10.3. The van der Waals surface area contributed by atoms with Crippen LogP contribution in [0.3, 0.4) is 0 Å². The fraction of sp³-hybridized carbons (Fsp3) is 0.250. The molecule has 0 aliphatic rings. The molecule has 0 aromatic heterocycles. The molecular weight excluding hydrogens is 178 g/mol. The van der Waals surface area contributed by atoms with E-state index in [0.29, 0.717) is 16.5 Å². The smallest absolute Gasteiger partial charge is 0.188 e. The van der Waals surface area contributed by atoms with E-state index in [2.05, 4.69) is 0 Å². The van der Waals surface area contributed by atoms with Crippen LogP contribution in [0.2, 0.25) is 5.02 Å². The summed E-state index contributed by atoms with van der Waals surface area (Å²) in [5.74, 6) is 0.546. The highest BCUT2D eigenvalue weighted by Gasteiger charge is 1.99. The van der Waals surface area contributed by atoms with Crippen molar-refractivity contribution in [1.29, 1.82) is 0 Å². The third kappa shape index (κ3) is 2.29. The number of hydrogen-bond donors (Lipinski definition) is 1. The van der Waals surface area contributed by atoms with Crippen molar-refractivity contribution < 1.29 is 9.47 Å². The van der Waals surface area contributed by atoms with Gasteiger partial charge in [-0.1, -0.05) is 11.6 Å². The highest BCUT2D eigenvalue weighted by molar-refractivity contribution is 6.30. The molecule has 1 rings (SSSR count). The van der Waals surface area contributed by atoms with Crippen molar-refractivity contribution in [3.63, 3.8) is 0 Å². The highest BCUT2D eigenvalue weighted by atomic mass is 35.5. The predicted octanol–water partition coefficient (Wildman–Crippen LogP) is 1.90. The Labute approximate surface area is 76.0 Å². The monoisotopic (exact) mass is 187 g/mol. The van der Waals surface area contributed by atoms with Gasteiger partial charge < -0.3 is 15.2 Å². The van der Waals surface area contributed by atoms with E-state index in [1.54, 1.807) is 25.3 Å². The Morgan fingerprint density at radius 3 is 2.92 bits per heavy atom. The van der Waals surface area contributed by atoms with Crippen LogP contribution in [0, 0.1) is 0 Å². The van der Waals surface area contributed by atoms with E-state index < -0.39 is 0 Å². The molecule has 0 aliphatic heterocycles. The molecule has 2 N–H and O–H groups in total. The molecule has 1 aromatic rings. The molecule has 12 heavy (non-hydrogen) atoms. The molecule has 0 amide bonds. The molecule has 0 bridgehead atoms. The van der Waals surface area contributed by atoms with E-state index in [0.717, 1.165) is 0 Å². The number of ether oxygens (including phenoxy) is 2. The third-order valence-corrected chi connectivity index (χ3v) is 1.54. The fourth-order valence-electron chi connectivity index (χ4n) is 0.756. The van der Waals surface area contributed by atoms with Crippen LogP contribution in [0.5, 0.6) is 5.75 Å². The standard InChI is InChI=1S/C8H10ClNO2/c1-11-5-12-8-4-6(9)2-3-7(8)10/h2-4H,5,10H2,1H3. The zero-order valence-corrected chi connectivity index (χ0v) is 7.47. The molecule has 0 aliphatic carbocycles. The van der Waals surface area contributed by atoms with Gasteiger partial charge in [0.05, 0.1) is 5.69 Å². The Kier molecular flexibility index (Phi) is 3.19. The van der Waals surface area contributed by atoms with Crippen molar-refractivity contribution in [3.05, 3.63) is 23.2 Å². The van der Waals surface area contributed by atoms with Crippen LogP contribution >= 0.6 is 11.6 Å². The SMILES string of the molecule is COCOc1cc(Cl)ccc1N. The van der Waals surface area contributed by atoms with Crippen molar-refractivity contribution in [3.8, 4) is 5.75 Å². The summed E-state index contributed by atoms with van der Waals surface area (Å²) in [6.07, 6.45) is 0. The molecule has 0 spiro atoms. The second-order valence-corrected chi connectivity index (χ2v) is 2.67. The van der Waals surface area contributed by atoms with Crippen molar-refractivity contribution in [2.75, 3.05) is 19.6 Å². The number of anilines is 1. The van der Waals surface area contributed by atoms with Crippen molar-refractivity contribution in [1.82, 2.24) is 0 Å². The summed E-state index contributed by atoms with van der Waals surface area (Å²) in [5, 5.41) is 0.593. The number of nitrogens with two attached hydrogens (primary N) is 1. The Morgan fingerprint density at radius 2 is 2.25 bits per heavy atom. The van der Waals surface area contributed by atoms with E-state index in [1.807, 2.05) is 0 Å². The molecule has 0 radical (unpaired) electrons. The van der Waals surface area contributed by atoms with Gasteiger partial charge in [0, 0.05) is 18.2 Å². The molecular formula is C8H10ClNO2. The van der Waals surface area contributed by atoms with Gasteiger partial charge in [0.15, 0.2) is 6.79 Å². The van der Waals surface area contributed by atoms with Gasteiger partial charge in [-0.05, 0) is 12.1 Å². The van der Waals surface area contributed by atoms with E-state index in [-0.39, 0.29) is 6.79 Å². The quantitative estimate of drug-likeness (QED) is 0.581. The molecule has 0 heterocycles. The second-order valence-electron chi connectivity index (χ2n) is 2.23. The minimum Gasteiger partial charge on any atom is -0.465 e. The largest absolute Gasteiger partial charge is 0.465 e. The number of rotatable bonds is 3. The molecule has 0 unspecified atom stereocenters. The number of hydrogen-bond acceptors (Lipinski definition) is 3. The normalized spacial score (nSPS) is 9.83. The number of methoxy groups -OCH3 is 1. The van der Waals surface area contributed by atoms with E-state index in [9.17, 15) is 0 Å². The van der Waals surface area contributed by atoms with Gasteiger partial charge in [-0.15, -0.1) is 0 Å². The molecule has 0 fully saturated rings. The summed E-state index contributed by atoms with van der Waals surface area (Å²) in [4.78, 5) is 0. The fourth-order valence-corrected chi connectivity index (χ4v) is 0.918. The topological polar surface area (TPSA) is 44.5 Å².